The van der Waals surface area contributed by atoms with Crippen molar-refractivity contribution >= 4 is 39.9 Å². The minimum Gasteiger partial charge on any atom is -0.477 e. The van der Waals surface area contributed by atoms with E-state index in [1.807, 2.05) is 36.5 Å². The maximum Gasteiger partial charge on any atom is 0.228 e. The monoisotopic (exact) mass is 530 g/mol. The second kappa shape index (κ2) is 11.8. The van der Waals surface area contributed by atoms with Crippen LogP contribution in [0.3, 0.4) is 0 Å². The number of morpholine rings is 1. The molecule has 12 nitrogen and oxygen atoms in total. The van der Waals surface area contributed by atoms with Gasteiger partial charge in [-0.15, -0.1) is 0 Å². The van der Waals surface area contributed by atoms with Crippen LogP contribution < -0.4 is 26.6 Å². The van der Waals surface area contributed by atoms with Crippen LogP contribution in [0.4, 0.5) is 17.5 Å². The Bertz CT molecular complexity index is 1370. The first kappa shape index (κ1) is 25.3. The number of nitrogens with one attached hydrogen (secondary N) is 3. The van der Waals surface area contributed by atoms with E-state index < -0.39 is 0 Å². The number of nitrogens with two attached hydrogens (primary N) is 1. The molecule has 1 aromatic carbocycles. The third-order valence-electron chi connectivity index (χ3n) is 6.97. The van der Waals surface area contributed by atoms with Crippen LogP contribution in [0.5, 0.6) is 0 Å². The van der Waals surface area contributed by atoms with E-state index >= 15 is 0 Å². The fourth-order valence-corrected chi connectivity index (χ4v) is 4.84. The van der Waals surface area contributed by atoms with Crippen LogP contribution in [0, 0.1) is 0 Å². The molecule has 0 atom stereocenters. The highest BCUT2D eigenvalue weighted by atomic mass is 16.5. The normalized spacial score (nSPS) is 18.6. The molecule has 5 heterocycles. The van der Waals surface area contributed by atoms with E-state index in [0.717, 1.165) is 73.7 Å². The Hall–Kier alpha value is -4.00. The molecule has 6 rings (SSSR count). The first-order valence-corrected chi connectivity index (χ1v) is 13.4. The summed E-state index contributed by atoms with van der Waals surface area (Å²) >= 11 is 0. The number of ether oxygens (including phenoxy) is 2. The molecule has 0 spiro atoms. The van der Waals surface area contributed by atoms with Crippen LogP contribution >= 0.6 is 0 Å². The number of fused-ring (bicyclic) bond motifs is 1. The zero-order valence-corrected chi connectivity index (χ0v) is 21.9. The molecule has 0 bridgehead atoms. The first-order chi connectivity index (χ1) is 19.2. The lowest BCUT2D eigenvalue weighted by molar-refractivity contribution is 0.122. The second-order valence-electron chi connectivity index (χ2n) is 9.65. The predicted octanol–water partition coefficient (Wildman–Crippen LogP) is 1.11. The molecule has 2 fully saturated rings. The van der Waals surface area contributed by atoms with E-state index in [0.29, 0.717) is 50.0 Å². The summed E-state index contributed by atoms with van der Waals surface area (Å²) in [6.07, 6.45) is 1.82. The maximum atomic E-state index is 6.24. The van der Waals surface area contributed by atoms with Gasteiger partial charge in [0.15, 0.2) is 5.96 Å². The van der Waals surface area contributed by atoms with Gasteiger partial charge in [0, 0.05) is 57.3 Å². The number of benzene rings is 1. The molecule has 3 aromatic rings. The van der Waals surface area contributed by atoms with E-state index in [1.54, 1.807) is 0 Å². The van der Waals surface area contributed by atoms with Crippen molar-refractivity contribution in [2.75, 3.05) is 82.4 Å². The molecule has 5 N–H and O–H groups in total. The van der Waals surface area contributed by atoms with Crippen molar-refractivity contribution in [3.05, 3.63) is 54.2 Å². The van der Waals surface area contributed by atoms with Gasteiger partial charge in [0.2, 0.25) is 11.8 Å². The Balaban J connectivity index is 1.30. The Kier molecular flexibility index (Phi) is 7.66. The predicted molar refractivity (Wildman–Crippen MR) is 152 cm³/mol. The molecule has 3 aliphatic heterocycles. The molecule has 0 saturated carbocycles. The van der Waals surface area contributed by atoms with Crippen LogP contribution in [0.2, 0.25) is 0 Å². The number of hydrogen-bond acceptors (Lipinski definition) is 12. The van der Waals surface area contributed by atoms with Crippen LogP contribution in [-0.2, 0) is 9.47 Å². The third-order valence-corrected chi connectivity index (χ3v) is 6.97. The Morgan fingerprint density at radius 1 is 1.05 bits per heavy atom. The van der Waals surface area contributed by atoms with Crippen molar-refractivity contribution in [3.63, 3.8) is 0 Å². The van der Waals surface area contributed by atoms with E-state index in [2.05, 4.69) is 41.8 Å². The highest BCUT2D eigenvalue weighted by Gasteiger charge is 2.22. The zero-order valence-electron chi connectivity index (χ0n) is 21.9. The highest BCUT2D eigenvalue weighted by Crippen LogP contribution is 2.27. The molecule has 204 valence electrons. The third kappa shape index (κ3) is 6.19. The lowest BCUT2D eigenvalue weighted by Gasteiger charge is -2.28. The van der Waals surface area contributed by atoms with Gasteiger partial charge in [-0.25, -0.2) is 9.98 Å². The molecule has 0 aliphatic carbocycles. The number of aromatic nitrogens is 3. The summed E-state index contributed by atoms with van der Waals surface area (Å²) in [6, 6.07) is 12.0. The topological polar surface area (TPSA) is 138 Å². The number of hydrogen-bond donors (Lipinski definition) is 4. The number of pyridine rings is 1. The van der Waals surface area contributed by atoms with Crippen LogP contribution in [0.1, 0.15) is 5.69 Å². The van der Waals surface area contributed by atoms with Crippen molar-refractivity contribution in [3.8, 4) is 0 Å². The van der Waals surface area contributed by atoms with Gasteiger partial charge in [-0.2, -0.15) is 4.98 Å². The van der Waals surface area contributed by atoms with E-state index in [1.165, 1.54) is 0 Å². The molecule has 0 radical (unpaired) electrons. The number of nitrogens with zero attached hydrogens (tertiary/aromatic N) is 6. The average Bonchev–Trinajstić information content (AvgIpc) is 2.98. The lowest BCUT2D eigenvalue weighted by Crippen LogP contribution is -2.45. The molecule has 0 unspecified atom stereocenters. The first-order valence-electron chi connectivity index (χ1n) is 13.4. The lowest BCUT2D eigenvalue weighted by atomic mass is 10.1. The van der Waals surface area contributed by atoms with Crippen molar-refractivity contribution in [2.45, 2.75) is 0 Å². The molecule has 2 aromatic heterocycles. The smallest absolute Gasteiger partial charge is 0.228 e. The zero-order chi connectivity index (χ0) is 26.4. The van der Waals surface area contributed by atoms with Gasteiger partial charge in [0.05, 0.1) is 48.4 Å². The van der Waals surface area contributed by atoms with Gasteiger partial charge in [-0.05, 0) is 12.1 Å². The summed E-state index contributed by atoms with van der Waals surface area (Å²) < 4.78 is 11.8. The van der Waals surface area contributed by atoms with Gasteiger partial charge >= 0.3 is 0 Å². The minimum absolute atomic E-state index is 0.332. The van der Waals surface area contributed by atoms with Crippen molar-refractivity contribution < 1.29 is 9.47 Å². The molecule has 0 amide bonds. The second-order valence-corrected chi connectivity index (χ2v) is 9.65. The number of anilines is 3. The molecule has 3 aliphatic rings. The minimum atomic E-state index is 0.332. The molecule has 2 saturated heterocycles. The molecule has 39 heavy (non-hydrogen) atoms. The van der Waals surface area contributed by atoms with Gasteiger partial charge in [0.1, 0.15) is 12.4 Å². The molecular formula is C27H34N10O2. The van der Waals surface area contributed by atoms with Gasteiger partial charge in [-0.3, -0.25) is 15.2 Å². The number of para-hydroxylation sites is 1. The van der Waals surface area contributed by atoms with Gasteiger partial charge < -0.3 is 30.7 Å². The summed E-state index contributed by atoms with van der Waals surface area (Å²) in [7, 11) is 0. The highest BCUT2D eigenvalue weighted by molar-refractivity contribution is 5.86. The van der Waals surface area contributed by atoms with Crippen LogP contribution in [0.25, 0.3) is 16.5 Å². The van der Waals surface area contributed by atoms with E-state index in [9.17, 15) is 0 Å². The molecule has 12 heteroatoms. The average molecular weight is 531 g/mol. The quantitative estimate of drug-likeness (QED) is 0.333. The SMILES string of the molecule is NC1=NCC(c2cc(Nc3cnc4ccccc4c3)nc(N3CCOCC3)n2)=C(OCCN2CCNCC2)N1. The van der Waals surface area contributed by atoms with E-state index in [4.69, 9.17) is 25.2 Å². The van der Waals surface area contributed by atoms with Gasteiger partial charge in [-0.1, -0.05) is 18.2 Å². The summed E-state index contributed by atoms with van der Waals surface area (Å²) in [4.78, 5) is 23.3. The largest absolute Gasteiger partial charge is 0.477 e. The Morgan fingerprint density at radius 2 is 1.90 bits per heavy atom. The van der Waals surface area contributed by atoms with E-state index in [-0.39, 0.29) is 0 Å². The Labute approximate surface area is 227 Å². The summed E-state index contributed by atoms with van der Waals surface area (Å²) in [5.41, 5.74) is 9.38. The number of guanidine groups is 1. The standard InChI is InChI=1S/C27H34N10O2/c28-26-31-18-21(25(35-26)39-14-9-36-7-5-29-6-8-36)23-16-24(34-27(33-23)37-10-12-38-13-11-37)32-20-15-19-3-1-2-4-22(19)30-17-20/h1-4,15-17,29H,5-14,18H2,(H3,28,31,35)(H,32,33,34). The Morgan fingerprint density at radius 3 is 2.77 bits per heavy atom. The fraction of sp³-hybridized carbons (Fsp3) is 0.407. The van der Waals surface area contributed by atoms with Crippen molar-refractivity contribution in [1.29, 1.82) is 0 Å². The van der Waals surface area contributed by atoms with Gasteiger partial charge in [0.25, 0.3) is 0 Å². The summed E-state index contributed by atoms with van der Waals surface area (Å²) in [5.74, 6) is 2.21. The molecular weight excluding hydrogens is 496 g/mol. The number of aliphatic imine (C=N–C) groups is 1. The maximum absolute atomic E-state index is 6.24. The summed E-state index contributed by atoms with van der Waals surface area (Å²) in [5, 5.41) is 11.0. The number of piperazine rings is 1. The summed E-state index contributed by atoms with van der Waals surface area (Å²) in [6.45, 7) is 8.47. The van der Waals surface area contributed by atoms with Crippen LogP contribution in [-0.4, -0.2) is 98.0 Å². The van der Waals surface area contributed by atoms with Crippen molar-refractivity contribution in [1.82, 2.24) is 30.5 Å². The van der Waals surface area contributed by atoms with Crippen LogP contribution in [0.15, 0.2) is 53.5 Å². The van der Waals surface area contributed by atoms with Crippen molar-refractivity contribution in [2.24, 2.45) is 10.7 Å². The fourth-order valence-electron chi connectivity index (χ4n) is 4.84. The number of rotatable bonds is 8.